The minimum atomic E-state index is -2.48. The number of rotatable bonds is 11. The van der Waals surface area contributed by atoms with Crippen LogP contribution in [0.15, 0.2) is 12.4 Å². The molecule has 0 saturated heterocycles. The molecule has 0 fully saturated rings. The summed E-state index contributed by atoms with van der Waals surface area (Å²) in [7, 11) is -2.48. The average molecular weight is 262 g/mol. The maximum absolute atomic E-state index is 5.73. The van der Waals surface area contributed by atoms with Crippen LogP contribution in [0.2, 0.25) is 6.04 Å². The molecular weight excluding hydrogens is 236 g/mol. The second-order valence-electron chi connectivity index (χ2n) is 3.54. The molecule has 0 radical (unpaired) electrons. The van der Waals surface area contributed by atoms with E-state index in [-0.39, 0.29) is 0 Å². The molecule has 0 bridgehead atoms. The maximum Gasteiger partial charge on any atom is 0.500 e. The summed E-state index contributed by atoms with van der Waals surface area (Å²) in [5, 5.41) is 2.98. The lowest BCUT2D eigenvalue weighted by Crippen LogP contribution is -2.46. The van der Waals surface area contributed by atoms with E-state index < -0.39 is 8.80 Å². The number of hydrogen-bond donors (Lipinski definition) is 2. The molecule has 0 aliphatic carbocycles. The van der Waals surface area contributed by atoms with E-state index in [0.717, 1.165) is 19.0 Å². The molecule has 0 aliphatic heterocycles. The first kappa shape index (κ1) is 16.4. The SMILES string of the molecule is C=C(N)NCCC[Si](OCC)(OCC)OCC. The Hall–Kier alpha value is -0.563. The number of hydrogen-bond acceptors (Lipinski definition) is 5. The van der Waals surface area contributed by atoms with Crippen LogP contribution in [0.1, 0.15) is 27.2 Å². The van der Waals surface area contributed by atoms with Crippen molar-refractivity contribution in [3.63, 3.8) is 0 Å². The highest BCUT2D eigenvalue weighted by Crippen LogP contribution is 2.17. The van der Waals surface area contributed by atoms with Crippen LogP contribution < -0.4 is 11.1 Å². The molecule has 0 heterocycles. The van der Waals surface area contributed by atoms with Crippen LogP contribution in [0.3, 0.4) is 0 Å². The van der Waals surface area contributed by atoms with Gasteiger partial charge >= 0.3 is 8.80 Å². The normalized spacial score (nSPS) is 11.5. The summed E-state index contributed by atoms with van der Waals surface area (Å²) < 4.78 is 17.2. The summed E-state index contributed by atoms with van der Waals surface area (Å²) in [5.74, 6) is 0.487. The highest BCUT2D eigenvalue weighted by molar-refractivity contribution is 6.60. The second-order valence-corrected chi connectivity index (χ2v) is 6.27. The van der Waals surface area contributed by atoms with Gasteiger partial charge in [-0.3, -0.25) is 0 Å². The molecular formula is C11H26N2O3Si. The second kappa shape index (κ2) is 9.47. The van der Waals surface area contributed by atoms with Gasteiger partial charge in [0.15, 0.2) is 0 Å². The quantitative estimate of drug-likeness (QED) is 0.436. The summed E-state index contributed by atoms with van der Waals surface area (Å²) in [6, 6.07) is 0.794. The van der Waals surface area contributed by atoms with Crippen molar-refractivity contribution < 1.29 is 13.3 Å². The molecule has 0 amide bonds. The van der Waals surface area contributed by atoms with Crippen molar-refractivity contribution in [2.45, 2.75) is 33.2 Å². The van der Waals surface area contributed by atoms with Gasteiger partial charge in [-0.05, 0) is 27.2 Å². The molecule has 0 saturated carbocycles. The third-order valence-corrected chi connectivity index (χ3v) is 5.26. The first-order valence-corrected chi connectivity index (χ1v) is 8.13. The Morgan fingerprint density at radius 1 is 1.12 bits per heavy atom. The van der Waals surface area contributed by atoms with Crippen molar-refractivity contribution in [3.8, 4) is 0 Å². The first-order chi connectivity index (χ1) is 8.10. The molecule has 0 aromatic heterocycles. The zero-order valence-electron chi connectivity index (χ0n) is 11.3. The minimum Gasteiger partial charge on any atom is -0.386 e. The standard InChI is InChI=1S/C11H26N2O3Si/c1-5-14-17(15-6-2,16-7-3)10-8-9-13-11(4)12/h13H,4-10,12H2,1-3H3. The largest absolute Gasteiger partial charge is 0.500 e. The van der Waals surface area contributed by atoms with E-state index in [0.29, 0.717) is 25.6 Å². The van der Waals surface area contributed by atoms with Crippen molar-refractivity contribution in [2.75, 3.05) is 26.4 Å². The fourth-order valence-corrected chi connectivity index (χ4v) is 4.17. The van der Waals surface area contributed by atoms with Gasteiger partial charge in [-0.15, -0.1) is 0 Å². The molecule has 0 atom stereocenters. The molecule has 0 rings (SSSR count). The maximum atomic E-state index is 5.73. The van der Waals surface area contributed by atoms with E-state index in [2.05, 4.69) is 11.9 Å². The third kappa shape index (κ3) is 7.38. The van der Waals surface area contributed by atoms with Crippen molar-refractivity contribution in [3.05, 3.63) is 12.4 Å². The van der Waals surface area contributed by atoms with Crippen LogP contribution >= 0.6 is 0 Å². The Morgan fingerprint density at radius 3 is 1.94 bits per heavy atom. The summed E-state index contributed by atoms with van der Waals surface area (Å²) in [6.45, 7) is 12.1. The molecule has 17 heavy (non-hydrogen) atoms. The molecule has 0 aromatic carbocycles. The Kier molecular flexibility index (Phi) is 9.15. The number of nitrogens with one attached hydrogen (secondary N) is 1. The van der Waals surface area contributed by atoms with Gasteiger partial charge in [0.05, 0.1) is 5.82 Å². The van der Waals surface area contributed by atoms with Gasteiger partial charge in [0, 0.05) is 32.4 Å². The third-order valence-electron chi connectivity index (χ3n) is 2.10. The van der Waals surface area contributed by atoms with Gasteiger partial charge < -0.3 is 24.3 Å². The fourth-order valence-electron chi connectivity index (χ4n) is 1.56. The molecule has 0 aliphatic rings. The molecule has 6 heteroatoms. The summed E-state index contributed by atoms with van der Waals surface area (Å²) >= 11 is 0. The highest BCUT2D eigenvalue weighted by atomic mass is 28.4. The van der Waals surface area contributed by atoms with Crippen molar-refractivity contribution in [1.29, 1.82) is 0 Å². The predicted molar refractivity (Wildman–Crippen MR) is 71.4 cm³/mol. The van der Waals surface area contributed by atoms with Gasteiger partial charge in [-0.1, -0.05) is 6.58 Å². The molecule has 0 aromatic rings. The van der Waals surface area contributed by atoms with Crippen molar-refractivity contribution in [2.24, 2.45) is 5.73 Å². The van der Waals surface area contributed by atoms with E-state index in [1.807, 2.05) is 20.8 Å². The van der Waals surface area contributed by atoms with E-state index in [1.54, 1.807) is 0 Å². The molecule has 0 spiro atoms. The monoisotopic (exact) mass is 262 g/mol. The summed E-state index contributed by atoms with van der Waals surface area (Å²) in [5.41, 5.74) is 5.43. The van der Waals surface area contributed by atoms with E-state index in [1.165, 1.54) is 0 Å². The Morgan fingerprint density at radius 2 is 1.59 bits per heavy atom. The van der Waals surface area contributed by atoms with Gasteiger partial charge in [-0.2, -0.15) is 0 Å². The topological polar surface area (TPSA) is 65.7 Å². The fraction of sp³-hybridized carbons (Fsp3) is 0.818. The summed E-state index contributed by atoms with van der Waals surface area (Å²) in [4.78, 5) is 0. The highest BCUT2D eigenvalue weighted by Gasteiger charge is 2.39. The summed E-state index contributed by atoms with van der Waals surface area (Å²) in [6.07, 6.45) is 0.891. The van der Waals surface area contributed by atoms with Crippen LogP contribution in [0.25, 0.3) is 0 Å². The van der Waals surface area contributed by atoms with Gasteiger partial charge in [-0.25, -0.2) is 0 Å². The lowest BCUT2D eigenvalue weighted by atomic mass is 10.5. The van der Waals surface area contributed by atoms with E-state index >= 15 is 0 Å². The van der Waals surface area contributed by atoms with Crippen LogP contribution in [-0.2, 0) is 13.3 Å². The van der Waals surface area contributed by atoms with E-state index in [4.69, 9.17) is 19.0 Å². The van der Waals surface area contributed by atoms with Crippen LogP contribution in [0.5, 0.6) is 0 Å². The van der Waals surface area contributed by atoms with Gasteiger partial charge in [0.1, 0.15) is 0 Å². The molecule has 3 N–H and O–H groups in total. The lowest BCUT2D eigenvalue weighted by Gasteiger charge is -2.28. The molecule has 102 valence electrons. The first-order valence-electron chi connectivity index (χ1n) is 6.20. The predicted octanol–water partition coefficient (Wildman–Crippen LogP) is 1.44. The average Bonchev–Trinajstić information content (AvgIpc) is 2.25. The zero-order valence-corrected chi connectivity index (χ0v) is 12.3. The van der Waals surface area contributed by atoms with Crippen LogP contribution in [-0.4, -0.2) is 35.2 Å². The number of nitrogens with two attached hydrogens (primary N) is 1. The van der Waals surface area contributed by atoms with Gasteiger partial charge in [0.25, 0.3) is 0 Å². The molecule has 5 nitrogen and oxygen atoms in total. The van der Waals surface area contributed by atoms with Crippen molar-refractivity contribution in [1.82, 2.24) is 5.32 Å². The van der Waals surface area contributed by atoms with Crippen LogP contribution in [0, 0.1) is 0 Å². The lowest BCUT2D eigenvalue weighted by molar-refractivity contribution is 0.0708. The van der Waals surface area contributed by atoms with Gasteiger partial charge in [0.2, 0.25) is 0 Å². The zero-order chi connectivity index (χ0) is 13.1. The minimum absolute atomic E-state index is 0.487. The van der Waals surface area contributed by atoms with Crippen LogP contribution in [0.4, 0.5) is 0 Å². The Bertz CT molecular complexity index is 198. The smallest absolute Gasteiger partial charge is 0.386 e. The molecule has 0 unspecified atom stereocenters. The van der Waals surface area contributed by atoms with Crippen molar-refractivity contribution >= 4 is 8.80 Å². The van der Waals surface area contributed by atoms with E-state index in [9.17, 15) is 0 Å². The Balaban J connectivity index is 4.18. The Labute approximate surface area is 106 Å².